The fraction of sp³-hybridized carbons (Fsp3) is 0.250. The predicted molar refractivity (Wildman–Crippen MR) is 101 cm³/mol. The zero-order chi connectivity index (χ0) is 18.6. The second-order valence-electron chi connectivity index (χ2n) is 6.41. The highest BCUT2D eigenvalue weighted by molar-refractivity contribution is 5.97. The number of aromatic nitrogens is 2. The zero-order valence-corrected chi connectivity index (χ0v) is 14.8. The van der Waals surface area contributed by atoms with Gasteiger partial charge in [-0.3, -0.25) is 9.59 Å². The number of nitrogens with one attached hydrogen (secondary N) is 1. The Hall–Kier alpha value is -3.19. The Balaban J connectivity index is 1.42. The Bertz CT molecular complexity index is 943. The Morgan fingerprint density at radius 2 is 1.96 bits per heavy atom. The van der Waals surface area contributed by atoms with Crippen molar-refractivity contribution in [3.05, 3.63) is 66.1 Å². The molecular weight excluding hydrogens is 344 g/mol. The van der Waals surface area contributed by atoms with Crippen molar-refractivity contribution in [2.75, 3.05) is 31.6 Å². The molecular formula is C20H20N4O3. The van der Waals surface area contributed by atoms with Gasteiger partial charge in [0.2, 0.25) is 5.91 Å². The maximum Gasteiger partial charge on any atom is 0.254 e. The molecule has 7 nitrogen and oxygen atoms in total. The number of hydrogen-bond donors (Lipinski definition) is 1. The summed E-state index contributed by atoms with van der Waals surface area (Å²) in [6.45, 7) is 2.29. The van der Waals surface area contributed by atoms with Gasteiger partial charge in [-0.1, -0.05) is 12.1 Å². The minimum absolute atomic E-state index is 0.0465. The Labute approximate surface area is 156 Å². The highest BCUT2D eigenvalue weighted by Crippen LogP contribution is 2.14. The number of anilines is 1. The molecule has 0 unspecified atom stereocenters. The quantitative estimate of drug-likeness (QED) is 0.768. The maximum absolute atomic E-state index is 12.6. The van der Waals surface area contributed by atoms with Crippen LogP contribution in [0.25, 0.3) is 5.65 Å². The van der Waals surface area contributed by atoms with Gasteiger partial charge in [0.1, 0.15) is 5.65 Å². The number of rotatable bonds is 4. The van der Waals surface area contributed by atoms with E-state index in [0.717, 1.165) is 5.65 Å². The Morgan fingerprint density at radius 3 is 2.78 bits per heavy atom. The van der Waals surface area contributed by atoms with Gasteiger partial charge in [-0.25, -0.2) is 4.98 Å². The molecule has 0 atom stereocenters. The summed E-state index contributed by atoms with van der Waals surface area (Å²) in [5.74, 6) is -0.218. The predicted octanol–water partition coefficient (Wildman–Crippen LogP) is 1.99. The summed E-state index contributed by atoms with van der Waals surface area (Å²) in [6, 6.07) is 12.7. The molecule has 3 aromatic rings. The van der Waals surface area contributed by atoms with Crippen LogP contribution >= 0.6 is 0 Å². The van der Waals surface area contributed by atoms with E-state index in [2.05, 4.69) is 10.3 Å². The molecule has 0 radical (unpaired) electrons. The fourth-order valence-electron chi connectivity index (χ4n) is 3.12. The van der Waals surface area contributed by atoms with Crippen LogP contribution in [0.4, 0.5) is 5.69 Å². The number of fused-ring (bicyclic) bond motifs is 1. The van der Waals surface area contributed by atoms with Gasteiger partial charge in [0, 0.05) is 36.7 Å². The lowest BCUT2D eigenvalue weighted by atomic mass is 10.1. The van der Waals surface area contributed by atoms with Crippen molar-refractivity contribution in [3.63, 3.8) is 0 Å². The van der Waals surface area contributed by atoms with Crippen LogP contribution in [-0.4, -0.2) is 52.4 Å². The third-order valence-corrected chi connectivity index (χ3v) is 4.45. The number of nitrogens with zero attached hydrogens (tertiary/aromatic N) is 3. The number of morpholine rings is 1. The van der Waals surface area contributed by atoms with E-state index in [4.69, 9.17) is 4.74 Å². The summed E-state index contributed by atoms with van der Waals surface area (Å²) < 4.78 is 7.16. The largest absolute Gasteiger partial charge is 0.378 e. The number of benzene rings is 1. The van der Waals surface area contributed by atoms with Crippen LogP contribution in [0.5, 0.6) is 0 Å². The van der Waals surface area contributed by atoms with Gasteiger partial charge in [0.25, 0.3) is 5.91 Å². The average Bonchev–Trinajstić information content (AvgIpc) is 3.10. The van der Waals surface area contributed by atoms with Crippen LogP contribution in [-0.2, 0) is 16.0 Å². The van der Waals surface area contributed by atoms with E-state index < -0.39 is 0 Å². The zero-order valence-electron chi connectivity index (χ0n) is 14.8. The molecule has 1 saturated heterocycles. The first-order valence-electron chi connectivity index (χ1n) is 8.88. The molecule has 138 valence electrons. The Morgan fingerprint density at radius 1 is 1.11 bits per heavy atom. The third-order valence-electron chi connectivity index (χ3n) is 4.45. The molecule has 1 aromatic carbocycles. The SMILES string of the molecule is O=C(Cc1cn2ccccc2n1)Nc1cccc(C(=O)N2CCOCC2)c1. The first-order chi connectivity index (χ1) is 13.2. The summed E-state index contributed by atoms with van der Waals surface area (Å²) >= 11 is 0. The summed E-state index contributed by atoms with van der Waals surface area (Å²) in [6.07, 6.45) is 3.90. The molecule has 27 heavy (non-hydrogen) atoms. The van der Waals surface area contributed by atoms with E-state index in [-0.39, 0.29) is 18.2 Å². The molecule has 0 spiro atoms. The van der Waals surface area contributed by atoms with E-state index in [9.17, 15) is 9.59 Å². The van der Waals surface area contributed by atoms with Crippen LogP contribution in [0, 0.1) is 0 Å². The summed E-state index contributed by atoms with van der Waals surface area (Å²) in [4.78, 5) is 31.1. The van der Waals surface area contributed by atoms with Crippen LogP contribution in [0.2, 0.25) is 0 Å². The molecule has 1 fully saturated rings. The first-order valence-corrected chi connectivity index (χ1v) is 8.88. The summed E-state index contributed by atoms with van der Waals surface area (Å²) in [5.41, 5.74) is 2.66. The number of carbonyl (C=O) groups excluding carboxylic acids is 2. The molecule has 2 amide bonds. The third kappa shape index (κ3) is 3.98. The van der Waals surface area contributed by atoms with Crippen molar-refractivity contribution >= 4 is 23.1 Å². The van der Waals surface area contributed by atoms with Gasteiger partial charge in [-0.2, -0.15) is 0 Å². The number of pyridine rings is 1. The van der Waals surface area contributed by atoms with Crippen LogP contribution in [0.3, 0.4) is 0 Å². The maximum atomic E-state index is 12.6. The van der Waals surface area contributed by atoms with Gasteiger partial charge in [-0.05, 0) is 30.3 Å². The van der Waals surface area contributed by atoms with Crippen molar-refractivity contribution in [1.29, 1.82) is 0 Å². The van der Waals surface area contributed by atoms with Crippen LogP contribution in [0.15, 0.2) is 54.9 Å². The van der Waals surface area contributed by atoms with Crippen molar-refractivity contribution in [3.8, 4) is 0 Å². The van der Waals surface area contributed by atoms with E-state index >= 15 is 0 Å². The monoisotopic (exact) mass is 364 g/mol. The molecule has 0 aliphatic carbocycles. The number of hydrogen-bond acceptors (Lipinski definition) is 4. The minimum Gasteiger partial charge on any atom is -0.378 e. The molecule has 2 aromatic heterocycles. The topological polar surface area (TPSA) is 75.9 Å². The Kier molecular flexibility index (Phi) is 4.84. The second-order valence-corrected chi connectivity index (χ2v) is 6.41. The van der Waals surface area contributed by atoms with E-state index in [1.165, 1.54) is 0 Å². The lowest BCUT2D eigenvalue weighted by molar-refractivity contribution is -0.115. The average molecular weight is 364 g/mol. The highest BCUT2D eigenvalue weighted by Gasteiger charge is 2.19. The molecule has 3 heterocycles. The molecule has 7 heteroatoms. The number of ether oxygens (including phenoxy) is 1. The van der Waals surface area contributed by atoms with Crippen molar-refractivity contribution in [1.82, 2.24) is 14.3 Å². The van der Waals surface area contributed by atoms with Gasteiger partial charge in [0.05, 0.1) is 25.3 Å². The number of imidazole rings is 1. The number of carbonyl (C=O) groups is 2. The normalized spacial score (nSPS) is 14.3. The van der Waals surface area contributed by atoms with E-state index in [1.54, 1.807) is 29.2 Å². The van der Waals surface area contributed by atoms with Gasteiger partial charge >= 0.3 is 0 Å². The molecule has 1 N–H and O–H groups in total. The fourth-order valence-corrected chi connectivity index (χ4v) is 3.12. The molecule has 1 aliphatic rings. The highest BCUT2D eigenvalue weighted by atomic mass is 16.5. The van der Waals surface area contributed by atoms with E-state index in [0.29, 0.717) is 43.2 Å². The van der Waals surface area contributed by atoms with Crippen molar-refractivity contribution in [2.24, 2.45) is 0 Å². The lowest BCUT2D eigenvalue weighted by Crippen LogP contribution is -2.40. The number of amides is 2. The summed E-state index contributed by atoms with van der Waals surface area (Å²) in [5, 5.41) is 2.85. The van der Waals surface area contributed by atoms with Crippen molar-refractivity contribution in [2.45, 2.75) is 6.42 Å². The smallest absolute Gasteiger partial charge is 0.254 e. The minimum atomic E-state index is -0.172. The van der Waals surface area contributed by atoms with Gasteiger partial charge in [-0.15, -0.1) is 0 Å². The molecule has 4 rings (SSSR count). The first kappa shape index (κ1) is 17.2. The summed E-state index contributed by atoms with van der Waals surface area (Å²) in [7, 11) is 0. The lowest BCUT2D eigenvalue weighted by Gasteiger charge is -2.27. The van der Waals surface area contributed by atoms with E-state index in [1.807, 2.05) is 35.0 Å². The van der Waals surface area contributed by atoms with Crippen molar-refractivity contribution < 1.29 is 14.3 Å². The second kappa shape index (κ2) is 7.59. The molecule has 0 saturated carbocycles. The van der Waals surface area contributed by atoms with Gasteiger partial charge < -0.3 is 19.4 Å². The molecule has 1 aliphatic heterocycles. The van der Waals surface area contributed by atoms with Gasteiger partial charge in [0.15, 0.2) is 0 Å². The van der Waals surface area contributed by atoms with Crippen LogP contribution < -0.4 is 5.32 Å². The molecule has 0 bridgehead atoms. The standard InChI is InChI=1S/C20H20N4O3/c25-19(13-17-14-24-7-2-1-6-18(24)21-17)22-16-5-3-4-15(12-16)20(26)23-8-10-27-11-9-23/h1-7,12,14H,8-11,13H2,(H,22,25). The van der Waals surface area contributed by atoms with Crippen LogP contribution in [0.1, 0.15) is 16.1 Å².